The molecule has 1 aromatic heterocycles. The zero-order valence-electron chi connectivity index (χ0n) is 19.2. The highest BCUT2D eigenvalue weighted by atomic mass is 32.1. The molecule has 32 heavy (non-hydrogen) atoms. The summed E-state index contributed by atoms with van der Waals surface area (Å²) in [7, 11) is 0. The number of carbonyl (C=O) groups is 2. The summed E-state index contributed by atoms with van der Waals surface area (Å²) in [6.45, 7) is 7.98. The number of amides is 3. The van der Waals surface area contributed by atoms with Crippen molar-refractivity contribution < 1.29 is 14.3 Å². The van der Waals surface area contributed by atoms with Crippen LogP contribution in [-0.2, 0) is 11.2 Å². The lowest BCUT2D eigenvalue weighted by Crippen LogP contribution is -2.50. The quantitative estimate of drug-likeness (QED) is 0.634. The van der Waals surface area contributed by atoms with Crippen molar-refractivity contribution in [2.24, 2.45) is 0 Å². The Bertz CT molecular complexity index is 936. The summed E-state index contributed by atoms with van der Waals surface area (Å²) in [5.41, 5.74) is 2.45. The van der Waals surface area contributed by atoms with Crippen LogP contribution in [0.2, 0.25) is 0 Å². The van der Waals surface area contributed by atoms with Crippen molar-refractivity contribution in [2.75, 3.05) is 26.2 Å². The van der Waals surface area contributed by atoms with E-state index in [1.54, 1.807) is 16.2 Å². The molecule has 7 heteroatoms. The largest absolute Gasteiger partial charge is 0.491 e. The van der Waals surface area contributed by atoms with E-state index in [2.05, 4.69) is 42.7 Å². The predicted octanol–water partition coefficient (Wildman–Crippen LogP) is 4.57. The molecule has 3 amide bonds. The Morgan fingerprint density at radius 2 is 1.97 bits per heavy atom. The van der Waals surface area contributed by atoms with Gasteiger partial charge in [0.2, 0.25) is 5.91 Å². The number of ether oxygens (including phenoxy) is 1. The van der Waals surface area contributed by atoms with E-state index in [0.717, 1.165) is 25.0 Å². The van der Waals surface area contributed by atoms with E-state index in [1.165, 1.54) is 16.0 Å². The normalized spacial score (nSPS) is 17.8. The van der Waals surface area contributed by atoms with Gasteiger partial charge >= 0.3 is 6.03 Å². The van der Waals surface area contributed by atoms with E-state index < -0.39 is 0 Å². The van der Waals surface area contributed by atoms with Crippen LogP contribution >= 0.6 is 11.3 Å². The predicted molar refractivity (Wildman–Crippen MR) is 127 cm³/mol. The first kappa shape index (κ1) is 22.6. The van der Waals surface area contributed by atoms with Crippen molar-refractivity contribution in [3.63, 3.8) is 0 Å². The summed E-state index contributed by atoms with van der Waals surface area (Å²) in [4.78, 5) is 30.8. The van der Waals surface area contributed by atoms with E-state index >= 15 is 0 Å². The van der Waals surface area contributed by atoms with Crippen molar-refractivity contribution in [1.29, 1.82) is 0 Å². The van der Waals surface area contributed by atoms with Gasteiger partial charge in [0.1, 0.15) is 18.9 Å². The van der Waals surface area contributed by atoms with Gasteiger partial charge in [-0.15, -0.1) is 11.3 Å². The fourth-order valence-electron chi connectivity index (χ4n) is 4.24. The lowest BCUT2D eigenvalue weighted by Gasteiger charge is -2.37. The molecule has 1 aliphatic carbocycles. The summed E-state index contributed by atoms with van der Waals surface area (Å²) in [5.74, 6) is 1.28. The third kappa shape index (κ3) is 5.09. The van der Waals surface area contributed by atoms with Crippen LogP contribution in [0.3, 0.4) is 0 Å². The van der Waals surface area contributed by atoms with Gasteiger partial charge in [-0.05, 0) is 66.8 Å². The van der Waals surface area contributed by atoms with Gasteiger partial charge in [-0.25, -0.2) is 4.79 Å². The first-order valence-electron chi connectivity index (χ1n) is 11.6. The minimum atomic E-state index is -0.144. The molecule has 0 bridgehead atoms. The van der Waals surface area contributed by atoms with E-state index in [1.807, 2.05) is 24.0 Å². The Morgan fingerprint density at radius 3 is 2.62 bits per heavy atom. The number of carbonyl (C=O) groups excluding carboxylic acids is 2. The molecule has 1 fully saturated rings. The minimum Gasteiger partial charge on any atom is -0.491 e. The number of rotatable bonds is 8. The van der Waals surface area contributed by atoms with Gasteiger partial charge in [0.25, 0.3) is 0 Å². The molecule has 1 atom stereocenters. The molecule has 4 rings (SSSR count). The first-order chi connectivity index (χ1) is 15.5. The fourth-order valence-corrected chi connectivity index (χ4v) is 5.17. The van der Waals surface area contributed by atoms with Crippen LogP contribution in [0, 0.1) is 0 Å². The Balaban J connectivity index is 1.47. The molecule has 172 valence electrons. The van der Waals surface area contributed by atoms with Crippen molar-refractivity contribution in [2.45, 2.75) is 58.0 Å². The van der Waals surface area contributed by atoms with Gasteiger partial charge in [-0.2, -0.15) is 0 Å². The number of nitrogens with one attached hydrogen (secondary N) is 1. The zero-order chi connectivity index (χ0) is 22.7. The summed E-state index contributed by atoms with van der Waals surface area (Å²) < 4.78 is 6.16. The van der Waals surface area contributed by atoms with Crippen LogP contribution in [0.5, 0.6) is 5.75 Å². The number of hydrogen-bond acceptors (Lipinski definition) is 4. The topological polar surface area (TPSA) is 61.9 Å². The smallest absolute Gasteiger partial charge is 0.318 e. The Labute approximate surface area is 194 Å². The van der Waals surface area contributed by atoms with Crippen LogP contribution in [0.1, 0.15) is 61.6 Å². The monoisotopic (exact) mass is 455 g/mol. The molecule has 6 nitrogen and oxygen atoms in total. The Kier molecular flexibility index (Phi) is 7.04. The van der Waals surface area contributed by atoms with Crippen LogP contribution in [0.15, 0.2) is 35.7 Å². The fraction of sp³-hybridized carbons (Fsp3) is 0.520. The molecule has 2 heterocycles. The SMILES string of the molecule is CCNC(=O)N(CC(=O)N1CCc2sccc2C1COc1ccc(C(C)C)cc1)C1CC1. The number of benzene rings is 1. The Morgan fingerprint density at radius 1 is 1.22 bits per heavy atom. The molecule has 2 aliphatic rings. The average molecular weight is 456 g/mol. The van der Waals surface area contributed by atoms with Crippen molar-refractivity contribution in [3.8, 4) is 5.75 Å². The van der Waals surface area contributed by atoms with Crippen molar-refractivity contribution in [3.05, 3.63) is 51.7 Å². The summed E-state index contributed by atoms with van der Waals surface area (Å²) in [6.07, 6.45) is 2.79. The highest BCUT2D eigenvalue weighted by Crippen LogP contribution is 2.35. The second kappa shape index (κ2) is 9.94. The van der Waals surface area contributed by atoms with Crippen molar-refractivity contribution >= 4 is 23.3 Å². The van der Waals surface area contributed by atoms with Crippen LogP contribution < -0.4 is 10.1 Å². The summed E-state index contributed by atoms with van der Waals surface area (Å²) in [5, 5.41) is 4.94. The zero-order valence-corrected chi connectivity index (χ0v) is 20.0. The van der Waals surface area contributed by atoms with Crippen LogP contribution in [0.25, 0.3) is 0 Å². The van der Waals surface area contributed by atoms with Gasteiger partial charge in [0, 0.05) is 24.0 Å². The van der Waals surface area contributed by atoms with E-state index in [-0.39, 0.29) is 30.6 Å². The Hall–Kier alpha value is -2.54. The number of urea groups is 1. The van der Waals surface area contributed by atoms with E-state index in [9.17, 15) is 9.59 Å². The number of thiophene rings is 1. The molecular weight excluding hydrogens is 422 g/mol. The summed E-state index contributed by atoms with van der Waals surface area (Å²) >= 11 is 1.74. The maximum atomic E-state index is 13.4. The number of nitrogens with zero attached hydrogens (tertiary/aromatic N) is 2. The molecule has 1 aliphatic heterocycles. The molecule has 1 N–H and O–H groups in total. The van der Waals surface area contributed by atoms with Gasteiger partial charge in [0.15, 0.2) is 0 Å². The number of hydrogen-bond donors (Lipinski definition) is 1. The lowest BCUT2D eigenvalue weighted by molar-refractivity contribution is -0.135. The van der Waals surface area contributed by atoms with Crippen LogP contribution in [-0.4, -0.2) is 54.0 Å². The molecular formula is C25H33N3O3S. The molecule has 1 unspecified atom stereocenters. The number of fused-ring (bicyclic) bond motifs is 1. The molecule has 1 aromatic carbocycles. The minimum absolute atomic E-state index is 0.0104. The second-order valence-corrected chi connectivity index (χ2v) is 9.88. The molecule has 1 saturated carbocycles. The average Bonchev–Trinajstić information content (AvgIpc) is 3.51. The second-order valence-electron chi connectivity index (χ2n) is 8.88. The highest BCUT2D eigenvalue weighted by molar-refractivity contribution is 7.10. The maximum Gasteiger partial charge on any atom is 0.318 e. The molecule has 0 spiro atoms. The third-order valence-electron chi connectivity index (χ3n) is 6.25. The standard InChI is InChI=1S/C25H33N3O3S/c1-4-26-25(30)28(19-7-8-19)15-24(29)27-13-11-23-21(12-14-32-23)22(27)16-31-20-9-5-18(6-10-20)17(2)3/h5-6,9-10,12,14,17,19,22H,4,7-8,11,13,15-16H2,1-3H3,(H,26,30). The lowest BCUT2D eigenvalue weighted by atomic mass is 10.00. The first-order valence-corrected chi connectivity index (χ1v) is 12.5. The molecule has 0 radical (unpaired) electrons. The van der Waals surface area contributed by atoms with Gasteiger partial charge < -0.3 is 19.9 Å². The third-order valence-corrected chi connectivity index (χ3v) is 7.25. The molecule has 0 saturated heterocycles. The summed E-state index contributed by atoms with van der Waals surface area (Å²) in [6, 6.07) is 10.2. The van der Waals surface area contributed by atoms with Gasteiger partial charge in [0.05, 0.1) is 6.04 Å². The maximum absolute atomic E-state index is 13.4. The van der Waals surface area contributed by atoms with Gasteiger partial charge in [-0.3, -0.25) is 4.79 Å². The van der Waals surface area contributed by atoms with E-state index in [0.29, 0.717) is 25.6 Å². The van der Waals surface area contributed by atoms with Crippen molar-refractivity contribution in [1.82, 2.24) is 15.1 Å². The molecule has 2 aromatic rings. The van der Waals surface area contributed by atoms with Gasteiger partial charge in [-0.1, -0.05) is 26.0 Å². The van der Waals surface area contributed by atoms with E-state index in [4.69, 9.17) is 4.74 Å². The van der Waals surface area contributed by atoms with Crippen LogP contribution in [0.4, 0.5) is 4.79 Å². The highest BCUT2D eigenvalue weighted by Gasteiger charge is 2.37.